The summed E-state index contributed by atoms with van der Waals surface area (Å²) in [5.41, 5.74) is 2.90. The van der Waals surface area contributed by atoms with Crippen molar-refractivity contribution < 1.29 is 14.3 Å². The molecule has 6 heteroatoms. The van der Waals surface area contributed by atoms with Crippen molar-refractivity contribution in [3.63, 3.8) is 0 Å². The van der Waals surface area contributed by atoms with Crippen LogP contribution < -0.4 is 10.2 Å². The summed E-state index contributed by atoms with van der Waals surface area (Å²) in [6, 6.07) is 7.67. The third kappa shape index (κ3) is 4.38. The highest BCUT2D eigenvalue weighted by molar-refractivity contribution is 5.79. The summed E-state index contributed by atoms with van der Waals surface area (Å²) in [6.45, 7) is 3.82. The highest BCUT2D eigenvalue weighted by Gasteiger charge is 2.26. The van der Waals surface area contributed by atoms with Crippen LogP contribution in [0.1, 0.15) is 30.1 Å². The quantitative estimate of drug-likeness (QED) is 0.863. The van der Waals surface area contributed by atoms with Crippen LogP contribution >= 0.6 is 0 Å². The molecule has 0 aliphatic carbocycles. The van der Waals surface area contributed by atoms with Crippen LogP contribution in [0.3, 0.4) is 0 Å². The predicted octanol–water partition coefficient (Wildman–Crippen LogP) is 2.60. The van der Waals surface area contributed by atoms with E-state index in [1.807, 2.05) is 19.2 Å². The largest absolute Gasteiger partial charge is 0.387 e. The minimum atomic E-state index is -0.834. The fourth-order valence-electron chi connectivity index (χ4n) is 3.35. The smallest absolute Gasteiger partial charge is 0.223 e. The number of aryl methyl sites for hydroxylation is 1. The van der Waals surface area contributed by atoms with Crippen molar-refractivity contribution in [1.29, 1.82) is 0 Å². The van der Waals surface area contributed by atoms with Crippen molar-refractivity contribution in [1.82, 2.24) is 10.3 Å². The maximum absolute atomic E-state index is 12.9. The molecule has 1 aliphatic rings. The second-order valence-corrected chi connectivity index (χ2v) is 6.74. The van der Waals surface area contributed by atoms with Gasteiger partial charge in [0.25, 0.3) is 0 Å². The number of nitrogens with zero attached hydrogens (tertiary/aromatic N) is 2. The van der Waals surface area contributed by atoms with Gasteiger partial charge in [-0.15, -0.1) is 0 Å². The first-order valence-electron chi connectivity index (χ1n) is 8.91. The number of nitrogens with one attached hydrogen (secondary N) is 1. The summed E-state index contributed by atoms with van der Waals surface area (Å²) in [5, 5.41) is 12.9. The number of amides is 1. The van der Waals surface area contributed by atoms with Gasteiger partial charge in [0.1, 0.15) is 5.82 Å². The number of anilines is 1. The number of benzene rings is 1. The lowest BCUT2D eigenvalue weighted by Crippen LogP contribution is -2.41. The first-order valence-corrected chi connectivity index (χ1v) is 8.91. The number of carbonyl (C=O) groups is 1. The number of hydrogen-bond donors (Lipinski definition) is 2. The molecule has 1 aliphatic heterocycles. The van der Waals surface area contributed by atoms with Crippen LogP contribution in [-0.2, 0) is 4.79 Å². The lowest BCUT2D eigenvalue weighted by Gasteiger charge is -2.33. The zero-order valence-electron chi connectivity index (χ0n) is 14.9. The summed E-state index contributed by atoms with van der Waals surface area (Å²) < 4.78 is 12.9. The zero-order valence-corrected chi connectivity index (χ0v) is 14.9. The highest BCUT2D eigenvalue weighted by atomic mass is 19.1. The Morgan fingerprint density at radius 2 is 2.00 bits per heavy atom. The van der Waals surface area contributed by atoms with E-state index < -0.39 is 6.10 Å². The second kappa shape index (κ2) is 8.27. The Bertz CT molecular complexity index is 743. The van der Waals surface area contributed by atoms with Crippen LogP contribution in [0.15, 0.2) is 42.7 Å². The Morgan fingerprint density at radius 3 is 2.65 bits per heavy atom. The van der Waals surface area contributed by atoms with Gasteiger partial charge in [-0.2, -0.15) is 0 Å². The van der Waals surface area contributed by atoms with E-state index >= 15 is 0 Å². The van der Waals surface area contributed by atoms with Crippen LogP contribution in [-0.4, -0.2) is 35.6 Å². The Labute approximate surface area is 152 Å². The van der Waals surface area contributed by atoms with Crippen LogP contribution in [0, 0.1) is 18.7 Å². The van der Waals surface area contributed by atoms with E-state index in [1.54, 1.807) is 6.20 Å². The third-order valence-electron chi connectivity index (χ3n) is 4.92. The number of aliphatic hydroxyl groups excluding tert-OH is 1. The molecule has 2 heterocycles. The second-order valence-electron chi connectivity index (χ2n) is 6.74. The third-order valence-corrected chi connectivity index (χ3v) is 4.92. The lowest BCUT2D eigenvalue weighted by atomic mass is 9.95. The number of aliphatic hydroxyl groups is 1. The van der Waals surface area contributed by atoms with E-state index in [0.717, 1.165) is 31.5 Å². The van der Waals surface area contributed by atoms with Crippen molar-refractivity contribution >= 4 is 11.6 Å². The molecule has 2 aromatic rings. The average Bonchev–Trinajstić information content (AvgIpc) is 2.67. The van der Waals surface area contributed by atoms with Crippen molar-refractivity contribution in [2.45, 2.75) is 25.9 Å². The molecule has 3 rings (SSSR count). The van der Waals surface area contributed by atoms with Gasteiger partial charge in [-0.25, -0.2) is 4.39 Å². The molecule has 2 N–H and O–H groups in total. The van der Waals surface area contributed by atoms with Gasteiger partial charge in [0, 0.05) is 43.6 Å². The Morgan fingerprint density at radius 1 is 1.31 bits per heavy atom. The van der Waals surface area contributed by atoms with Gasteiger partial charge in [-0.3, -0.25) is 9.78 Å². The molecule has 1 amide bonds. The number of aromatic nitrogens is 1. The first kappa shape index (κ1) is 18.3. The molecule has 1 saturated heterocycles. The molecular formula is C20H24FN3O2. The van der Waals surface area contributed by atoms with Crippen molar-refractivity contribution in [2.24, 2.45) is 5.92 Å². The SMILES string of the molecule is Cc1cnccc1N1CCC(C(=O)NC[C@H](O)c2ccc(F)cc2)CC1. The molecule has 0 radical (unpaired) electrons. The van der Waals surface area contributed by atoms with Gasteiger partial charge in [0.2, 0.25) is 5.91 Å². The summed E-state index contributed by atoms with van der Waals surface area (Å²) in [4.78, 5) is 18.8. The highest BCUT2D eigenvalue weighted by Crippen LogP contribution is 2.25. The van der Waals surface area contributed by atoms with Gasteiger partial charge in [0.05, 0.1) is 6.10 Å². The lowest BCUT2D eigenvalue weighted by molar-refractivity contribution is -0.126. The van der Waals surface area contributed by atoms with Crippen molar-refractivity contribution in [3.05, 3.63) is 59.7 Å². The minimum Gasteiger partial charge on any atom is -0.387 e. The van der Waals surface area contributed by atoms with Crippen molar-refractivity contribution in [2.75, 3.05) is 24.5 Å². The first-order chi connectivity index (χ1) is 12.5. The van der Waals surface area contributed by atoms with Gasteiger partial charge >= 0.3 is 0 Å². The number of rotatable bonds is 5. The molecule has 1 fully saturated rings. The van der Waals surface area contributed by atoms with Crippen LogP contribution in [0.4, 0.5) is 10.1 Å². The fourth-order valence-corrected chi connectivity index (χ4v) is 3.35. The normalized spacial score (nSPS) is 16.3. The monoisotopic (exact) mass is 357 g/mol. The maximum Gasteiger partial charge on any atom is 0.223 e. The molecule has 1 atom stereocenters. The van der Waals surface area contributed by atoms with E-state index in [9.17, 15) is 14.3 Å². The zero-order chi connectivity index (χ0) is 18.5. The maximum atomic E-state index is 12.9. The standard InChI is InChI=1S/C20H24FN3O2/c1-14-12-22-9-6-18(14)24-10-7-16(8-11-24)20(26)23-13-19(25)15-2-4-17(21)5-3-15/h2-6,9,12,16,19,25H,7-8,10-11,13H2,1H3,(H,23,26)/t19-/m0/s1. The molecule has 1 aromatic carbocycles. The summed E-state index contributed by atoms with van der Waals surface area (Å²) in [6.07, 6.45) is 4.36. The van der Waals surface area contributed by atoms with Gasteiger partial charge in [-0.1, -0.05) is 12.1 Å². The summed E-state index contributed by atoms with van der Waals surface area (Å²) in [5.74, 6) is -0.424. The molecule has 26 heavy (non-hydrogen) atoms. The summed E-state index contributed by atoms with van der Waals surface area (Å²) >= 11 is 0. The molecule has 0 saturated carbocycles. The molecule has 0 spiro atoms. The number of pyridine rings is 1. The van der Waals surface area contributed by atoms with E-state index in [-0.39, 0.29) is 24.2 Å². The molecule has 138 valence electrons. The van der Waals surface area contributed by atoms with E-state index in [1.165, 1.54) is 30.0 Å². The topological polar surface area (TPSA) is 65.5 Å². The Kier molecular flexibility index (Phi) is 5.83. The van der Waals surface area contributed by atoms with Crippen LogP contribution in [0.25, 0.3) is 0 Å². The molecule has 0 unspecified atom stereocenters. The average molecular weight is 357 g/mol. The molecule has 1 aromatic heterocycles. The molecular weight excluding hydrogens is 333 g/mol. The minimum absolute atomic E-state index is 0.0303. The van der Waals surface area contributed by atoms with E-state index in [2.05, 4.69) is 15.2 Å². The van der Waals surface area contributed by atoms with Crippen LogP contribution in [0.2, 0.25) is 0 Å². The summed E-state index contributed by atoms with van der Waals surface area (Å²) in [7, 11) is 0. The van der Waals surface area contributed by atoms with E-state index in [4.69, 9.17) is 0 Å². The number of hydrogen-bond acceptors (Lipinski definition) is 4. The van der Waals surface area contributed by atoms with Crippen LogP contribution in [0.5, 0.6) is 0 Å². The Balaban J connectivity index is 1.48. The number of carbonyl (C=O) groups excluding carboxylic acids is 1. The number of piperidine rings is 1. The fraction of sp³-hybridized carbons (Fsp3) is 0.400. The van der Waals surface area contributed by atoms with Gasteiger partial charge in [-0.05, 0) is 49.1 Å². The number of halogens is 1. The predicted molar refractivity (Wildman–Crippen MR) is 98.3 cm³/mol. The van der Waals surface area contributed by atoms with Gasteiger partial charge < -0.3 is 15.3 Å². The molecule has 0 bridgehead atoms. The van der Waals surface area contributed by atoms with E-state index in [0.29, 0.717) is 5.56 Å². The Hall–Kier alpha value is -2.47. The van der Waals surface area contributed by atoms with Gasteiger partial charge in [0.15, 0.2) is 0 Å². The van der Waals surface area contributed by atoms with Crippen molar-refractivity contribution in [3.8, 4) is 0 Å². The molecule has 5 nitrogen and oxygen atoms in total.